The molecule has 0 spiro atoms. The number of anilines is 1. The van der Waals surface area contributed by atoms with Crippen LogP contribution in [0.5, 0.6) is 0 Å². The number of hydrogen-bond donors (Lipinski definition) is 4. The van der Waals surface area contributed by atoms with E-state index in [-0.39, 0.29) is 11.3 Å². The Balaban J connectivity index is 1.48. The summed E-state index contributed by atoms with van der Waals surface area (Å²) < 4.78 is 0. The zero-order chi connectivity index (χ0) is 27.9. The Morgan fingerprint density at radius 3 is 2.03 bits per heavy atom. The maximum atomic E-state index is 11.7. The highest BCUT2D eigenvalue weighted by Gasteiger charge is 2.26. The van der Waals surface area contributed by atoms with Gasteiger partial charge in [-0.05, 0) is 37.1 Å². The number of benzene rings is 2. The maximum Gasteiger partial charge on any atom is 0.311 e. The minimum atomic E-state index is -1.01. The molecule has 0 amide bonds. The van der Waals surface area contributed by atoms with Gasteiger partial charge < -0.3 is 21.3 Å². The average molecular weight is 569 g/mol. The number of aliphatic carboxylic acids is 1. The van der Waals surface area contributed by atoms with E-state index in [0.29, 0.717) is 34.3 Å². The molecule has 10 heteroatoms. The Morgan fingerprint density at radius 2 is 1.47 bits per heavy atom. The summed E-state index contributed by atoms with van der Waals surface area (Å²) in [4.78, 5) is 22.4. The Hall–Kier alpha value is -2.39. The lowest BCUT2D eigenvalue weighted by atomic mass is 9.91. The van der Waals surface area contributed by atoms with Crippen molar-refractivity contribution in [1.29, 1.82) is 0 Å². The van der Waals surface area contributed by atoms with Crippen molar-refractivity contribution in [1.82, 2.24) is 5.32 Å². The molecule has 2 aromatic carbocycles. The van der Waals surface area contributed by atoms with Gasteiger partial charge in [0.05, 0.1) is 32.7 Å². The Kier molecular flexibility index (Phi) is 14.4. The number of rotatable bonds is 19. The second kappa shape index (κ2) is 17.2. The third kappa shape index (κ3) is 10.8. The smallest absolute Gasteiger partial charge is 0.311 e. The molecule has 38 heavy (non-hydrogen) atoms. The SMILES string of the molecule is Nc1c(Cl)cc(C(O)CNCCCCCCCCCCCCC(C(=O)O)c2ccccc2[N+](=O)[O-])cc1Cl. The van der Waals surface area contributed by atoms with Crippen LogP contribution in [0.3, 0.4) is 0 Å². The summed E-state index contributed by atoms with van der Waals surface area (Å²) in [6.45, 7) is 1.25. The topological polar surface area (TPSA) is 139 Å². The number of nitrogens with one attached hydrogen (secondary N) is 1. The number of aliphatic hydroxyl groups is 1. The van der Waals surface area contributed by atoms with E-state index in [4.69, 9.17) is 28.9 Å². The summed E-state index contributed by atoms with van der Waals surface area (Å²) in [5, 5.41) is 35.0. The molecule has 5 N–H and O–H groups in total. The van der Waals surface area contributed by atoms with Gasteiger partial charge in [-0.25, -0.2) is 0 Å². The van der Waals surface area contributed by atoms with Gasteiger partial charge in [-0.3, -0.25) is 14.9 Å². The molecule has 0 fully saturated rings. The molecule has 8 nitrogen and oxygen atoms in total. The monoisotopic (exact) mass is 567 g/mol. The van der Waals surface area contributed by atoms with Crippen molar-refractivity contribution in [2.24, 2.45) is 0 Å². The summed E-state index contributed by atoms with van der Waals surface area (Å²) in [5.41, 5.74) is 6.85. The van der Waals surface area contributed by atoms with Crippen molar-refractivity contribution in [2.45, 2.75) is 82.7 Å². The normalized spacial score (nSPS) is 12.8. The van der Waals surface area contributed by atoms with E-state index >= 15 is 0 Å². The van der Waals surface area contributed by atoms with Gasteiger partial charge in [-0.2, -0.15) is 0 Å². The average Bonchev–Trinajstić information content (AvgIpc) is 2.88. The molecule has 0 aromatic heterocycles. The summed E-state index contributed by atoms with van der Waals surface area (Å²) in [6, 6.07) is 9.39. The maximum absolute atomic E-state index is 11.7. The Labute approximate surface area is 234 Å². The minimum absolute atomic E-state index is 0.123. The van der Waals surface area contributed by atoms with Crippen molar-refractivity contribution in [3.8, 4) is 0 Å². The molecule has 0 bridgehead atoms. The van der Waals surface area contributed by atoms with E-state index in [1.54, 1.807) is 30.3 Å². The van der Waals surface area contributed by atoms with Gasteiger partial charge in [-0.1, -0.05) is 99.2 Å². The van der Waals surface area contributed by atoms with Gasteiger partial charge in [0.2, 0.25) is 0 Å². The van der Waals surface area contributed by atoms with Crippen LogP contribution in [0.15, 0.2) is 36.4 Å². The summed E-state index contributed by atoms with van der Waals surface area (Å²) in [7, 11) is 0. The highest BCUT2D eigenvalue weighted by atomic mass is 35.5. The van der Waals surface area contributed by atoms with Crippen LogP contribution in [-0.2, 0) is 4.79 Å². The first-order valence-electron chi connectivity index (χ1n) is 13.3. The number of carbonyl (C=O) groups is 1. The quantitative estimate of drug-likeness (QED) is 0.0605. The number of nitrogens with zero attached hydrogens (tertiary/aromatic N) is 1. The van der Waals surface area contributed by atoms with Crippen LogP contribution >= 0.6 is 23.2 Å². The molecule has 2 rings (SSSR count). The van der Waals surface area contributed by atoms with E-state index in [9.17, 15) is 25.1 Å². The number of para-hydroxylation sites is 1. The van der Waals surface area contributed by atoms with Gasteiger partial charge >= 0.3 is 5.97 Å². The fourth-order valence-corrected chi connectivity index (χ4v) is 5.03. The molecule has 0 saturated carbocycles. The number of nitrogens with two attached hydrogens (primary N) is 1. The second-order valence-electron chi connectivity index (χ2n) is 9.65. The molecule has 2 aromatic rings. The second-order valence-corrected chi connectivity index (χ2v) is 10.5. The van der Waals surface area contributed by atoms with Crippen molar-refractivity contribution < 1.29 is 19.9 Å². The van der Waals surface area contributed by atoms with Crippen LogP contribution in [0.1, 0.15) is 93.8 Å². The zero-order valence-corrected chi connectivity index (χ0v) is 23.2. The highest BCUT2D eigenvalue weighted by Crippen LogP contribution is 2.32. The molecule has 0 aliphatic rings. The number of aliphatic hydroxyl groups excluding tert-OH is 1. The van der Waals surface area contributed by atoms with Crippen molar-refractivity contribution >= 4 is 40.5 Å². The van der Waals surface area contributed by atoms with Gasteiger partial charge in [0.1, 0.15) is 0 Å². The summed E-state index contributed by atoms with van der Waals surface area (Å²) in [5.74, 6) is -1.86. The number of carboxylic acids is 1. The Morgan fingerprint density at radius 1 is 0.947 bits per heavy atom. The molecule has 0 radical (unpaired) electrons. The molecule has 0 heterocycles. The molecule has 0 aliphatic carbocycles. The molecule has 2 unspecified atom stereocenters. The lowest BCUT2D eigenvalue weighted by molar-refractivity contribution is -0.385. The van der Waals surface area contributed by atoms with E-state index < -0.39 is 22.9 Å². The first-order valence-corrected chi connectivity index (χ1v) is 14.1. The van der Waals surface area contributed by atoms with E-state index in [1.807, 2.05) is 0 Å². The number of hydrogen-bond acceptors (Lipinski definition) is 6. The molecular formula is C28H39Cl2N3O5. The number of carboxylic acid groups (broad SMARTS) is 1. The third-order valence-electron chi connectivity index (χ3n) is 6.73. The lowest BCUT2D eigenvalue weighted by Crippen LogP contribution is -2.22. The number of halogens is 2. The van der Waals surface area contributed by atoms with Crippen molar-refractivity contribution in [3.63, 3.8) is 0 Å². The zero-order valence-electron chi connectivity index (χ0n) is 21.7. The van der Waals surface area contributed by atoms with Gasteiger partial charge in [-0.15, -0.1) is 0 Å². The standard InChI is InChI=1S/C28H39Cl2N3O5/c29-23-17-20(18-24(30)27(23)31)26(34)19-32-16-12-8-6-4-2-1-3-5-7-9-14-22(28(35)36)21-13-10-11-15-25(21)33(37)38/h10-11,13,15,17-18,22,26,32,34H,1-9,12,14,16,19,31H2,(H,35,36). The van der Waals surface area contributed by atoms with Crippen LogP contribution in [0.4, 0.5) is 11.4 Å². The fourth-order valence-electron chi connectivity index (χ4n) is 4.53. The van der Waals surface area contributed by atoms with E-state index in [0.717, 1.165) is 51.5 Å². The van der Waals surface area contributed by atoms with Crippen LogP contribution in [0.2, 0.25) is 10.0 Å². The molecule has 210 valence electrons. The summed E-state index contributed by atoms with van der Waals surface area (Å²) >= 11 is 12.1. The highest BCUT2D eigenvalue weighted by molar-refractivity contribution is 6.38. The van der Waals surface area contributed by atoms with Gasteiger partial charge in [0.25, 0.3) is 5.69 Å². The first kappa shape index (κ1) is 31.8. The predicted octanol–water partition coefficient (Wildman–Crippen LogP) is 7.27. The Bertz CT molecular complexity index is 1010. The van der Waals surface area contributed by atoms with E-state index in [1.165, 1.54) is 25.3 Å². The molecule has 2 atom stereocenters. The van der Waals surface area contributed by atoms with Gasteiger partial charge in [0, 0.05) is 18.2 Å². The largest absolute Gasteiger partial charge is 0.481 e. The number of unbranched alkanes of at least 4 members (excludes halogenated alkanes) is 9. The van der Waals surface area contributed by atoms with Crippen LogP contribution < -0.4 is 11.1 Å². The van der Waals surface area contributed by atoms with Gasteiger partial charge in [0.15, 0.2) is 0 Å². The minimum Gasteiger partial charge on any atom is -0.481 e. The molecule has 0 aliphatic heterocycles. The number of nitro groups is 1. The molecular weight excluding hydrogens is 529 g/mol. The fraction of sp³-hybridized carbons (Fsp3) is 0.536. The third-order valence-corrected chi connectivity index (χ3v) is 7.35. The van der Waals surface area contributed by atoms with Crippen LogP contribution in [-0.4, -0.2) is 34.2 Å². The summed E-state index contributed by atoms with van der Waals surface area (Å²) in [6.07, 6.45) is 10.4. The van der Waals surface area contributed by atoms with E-state index in [2.05, 4.69) is 5.32 Å². The molecule has 0 saturated heterocycles. The predicted molar refractivity (Wildman–Crippen MR) is 153 cm³/mol. The lowest BCUT2D eigenvalue weighted by Gasteiger charge is -2.14. The first-order chi connectivity index (χ1) is 18.2. The number of nitro benzene ring substituents is 1. The number of nitrogen functional groups attached to an aromatic ring is 1. The van der Waals surface area contributed by atoms with Crippen LogP contribution in [0.25, 0.3) is 0 Å². The van der Waals surface area contributed by atoms with Crippen molar-refractivity contribution in [2.75, 3.05) is 18.8 Å². The van der Waals surface area contributed by atoms with Crippen molar-refractivity contribution in [3.05, 3.63) is 67.7 Å². The van der Waals surface area contributed by atoms with Crippen LogP contribution in [0, 0.1) is 10.1 Å².